The number of nitrogens with zero attached hydrogens (tertiary/aromatic N) is 2. The smallest absolute Gasteiger partial charge is 0.305 e. The fraction of sp³-hybridized carbons (Fsp3) is 0.625. The van der Waals surface area contributed by atoms with E-state index in [4.69, 9.17) is 10.1 Å². The molecule has 2 atom stereocenters. The van der Waals surface area contributed by atoms with Crippen LogP contribution in [-0.2, 0) is 22.4 Å². The summed E-state index contributed by atoms with van der Waals surface area (Å²) in [7, 11) is 0. The Balaban J connectivity index is 0.00000107. The van der Waals surface area contributed by atoms with Crippen LogP contribution in [-0.4, -0.2) is 59.6 Å². The summed E-state index contributed by atoms with van der Waals surface area (Å²) in [5.74, 6) is 0.567. The van der Waals surface area contributed by atoms with Crippen LogP contribution in [0, 0.1) is 11.8 Å². The van der Waals surface area contributed by atoms with Gasteiger partial charge in [-0.3, -0.25) is 9.59 Å². The number of aromatic nitrogens is 1. The zero-order chi connectivity index (χ0) is 22.6. The molecule has 0 bridgehead atoms. The number of piperidine rings is 1. The molecule has 2 aliphatic heterocycles. The number of aliphatic carboxylic acids is 1. The molecule has 3 N–H and O–H groups in total. The van der Waals surface area contributed by atoms with Crippen LogP contribution in [0.1, 0.15) is 50.8 Å². The first-order valence-electron chi connectivity index (χ1n) is 11.4. The van der Waals surface area contributed by atoms with Gasteiger partial charge in [-0.05, 0) is 63.1 Å². The van der Waals surface area contributed by atoms with Crippen molar-refractivity contribution >= 4 is 17.7 Å². The summed E-state index contributed by atoms with van der Waals surface area (Å²) in [6.45, 7) is 11.4. The minimum absolute atomic E-state index is 0.0137. The number of aryl methyl sites for hydroxylation is 2. The van der Waals surface area contributed by atoms with Gasteiger partial charge in [0, 0.05) is 31.9 Å². The first kappa shape index (κ1) is 24.9. The molecule has 1 aromatic heterocycles. The third kappa shape index (κ3) is 8.69. The number of carboxylic acids is 1. The summed E-state index contributed by atoms with van der Waals surface area (Å²) >= 11 is 0. The number of pyridine rings is 1. The normalized spacial score (nSPS) is 20.5. The molecule has 0 aliphatic carbocycles. The lowest BCUT2D eigenvalue weighted by Gasteiger charge is -2.35. The van der Waals surface area contributed by atoms with Crippen molar-refractivity contribution in [1.82, 2.24) is 15.2 Å². The highest BCUT2D eigenvalue weighted by atomic mass is 16.4. The Bertz CT molecular complexity index is 738. The number of rotatable bonds is 8. The molecular formula is C24H38N4O3. The maximum absolute atomic E-state index is 12.4. The van der Waals surface area contributed by atoms with Gasteiger partial charge in [0.15, 0.2) is 0 Å². The highest BCUT2D eigenvalue weighted by Gasteiger charge is 2.29. The van der Waals surface area contributed by atoms with E-state index in [-0.39, 0.29) is 24.8 Å². The molecule has 31 heavy (non-hydrogen) atoms. The van der Waals surface area contributed by atoms with E-state index >= 15 is 0 Å². The quantitative estimate of drug-likeness (QED) is 0.549. The van der Waals surface area contributed by atoms with E-state index in [1.165, 1.54) is 12.0 Å². The Morgan fingerprint density at radius 1 is 1.39 bits per heavy atom. The van der Waals surface area contributed by atoms with E-state index in [0.29, 0.717) is 5.92 Å². The van der Waals surface area contributed by atoms with Crippen molar-refractivity contribution in [2.75, 3.05) is 38.0 Å². The number of fused-ring (bicyclic) bond motifs is 1. The van der Waals surface area contributed by atoms with Crippen molar-refractivity contribution in [3.8, 4) is 0 Å². The van der Waals surface area contributed by atoms with Gasteiger partial charge >= 0.3 is 5.97 Å². The molecule has 2 unspecified atom stereocenters. The summed E-state index contributed by atoms with van der Waals surface area (Å²) in [6, 6.07) is 4.34. The molecule has 7 nitrogen and oxygen atoms in total. The third-order valence-corrected chi connectivity index (χ3v) is 5.60. The average Bonchev–Trinajstić information content (AvgIpc) is 2.73. The Morgan fingerprint density at radius 2 is 2.16 bits per heavy atom. The number of carbonyl (C=O) groups is 2. The fourth-order valence-electron chi connectivity index (χ4n) is 4.26. The van der Waals surface area contributed by atoms with Crippen molar-refractivity contribution in [3.63, 3.8) is 0 Å². The van der Waals surface area contributed by atoms with Crippen LogP contribution in [0.15, 0.2) is 24.8 Å². The first-order chi connectivity index (χ1) is 14.9. The molecule has 3 heterocycles. The topological polar surface area (TPSA) is 94.6 Å². The van der Waals surface area contributed by atoms with Gasteiger partial charge in [0.05, 0.1) is 12.3 Å². The van der Waals surface area contributed by atoms with E-state index in [0.717, 1.165) is 63.4 Å². The van der Waals surface area contributed by atoms with Gasteiger partial charge in [-0.2, -0.15) is 0 Å². The third-order valence-electron chi connectivity index (χ3n) is 5.60. The predicted octanol–water partition coefficient (Wildman–Crippen LogP) is 3.11. The van der Waals surface area contributed by atoms with Crippen LogP contribution < -0.4 is 10.6 Å². The number of anilines is 1. The highest BCUT2D eigenvalue weighted by Crippen LogP contribution is 2.23. The lowest BCUT2D eigenvalue weighted by molar-refractivity contribution is -0.137. The molecule has 0 radical (unpaired) electrons. The molecule has 7 heteroatoms. The maximum atomic E-state index is 12.4. The minimum Gasteiger partial charge on any atom is -0.481 e. The molecule has 1 aromatic rings. The lowest BCUT2D eigenvalue weighted by Crippen LogP contribution is -2.46. The van der Waals surface area contributed by atoms with Crippen molar-refractivity contribution in [1.29, 1.82) is 0 Å². The molecule has 0 saturated carbocycles. The van der Waals surface area contributed by atoms with Crippen LogP contribution in [0.2, 0.25) is 0 Å². The monoisotopic (exact) mass is 430 g/mol. The Hall–Kier alpha value is -2.41. The number of nitrogens with one attached hydrogen (secondary N) is 2. The van der Waals surface area contributed by atoms with Crippen LogP contribution in [0.4, 0.5) is 5.82 Å². The van der Waals surface area contributed by atoms with Gasteiger partial charge in [-0.15, -0.1) is 6.58 Å². The Kier molecular flexibility index (Phi) is 10.5. The second kappa shape index (κ2) is 13.1. The van der Waals surface area contributed by atoms with Gasteiger partial charge in [0.1, 0.15) is 5.82 Å². The van der Waals surface area contributed by atoms with Gasteiger partial charge in [-0.25, -0.2) is 4.98 Å². The summed E-state index contributed by atoms with van der Waals surface area (Å²) < 4.78 is 0. The second-order valence-electron chi connectivity index (χ2n) is 8.58. The molecule has 3 rings (SSSR count). The highest BCUT2D eigenvalue weighted by molar-refractivity contribution is 5.79. The number of hydrogen-bond acceptors (Lipinski definition) is 5. The molecule has 1 saturated heterocycles. The number of amides is 1. The molecule has 0 aromatic carbocycles. The van der Waals surface area contributed by atoms with Crippen LogP contribution in [0.25, 0.3) is 0 Å². The Morgan fingerprint density at radius 3 is 2.90 bits per heavy atom. The summed E-state index contributed by atoms with van der Waals surface area (Å²) in [6.07, 6.45) is 6.83. The fourth-order valence-corrected chi connectivity index (χ4v) is 4.26. The number of hydrogen-bond donors (Lipinski definition) is 3. The maximum Gasteiger partial charge on any atom is 0.305 e. The van der Waals surface area contributed by atoms with Crippen molar-refractivity contribution < 1.29 is 14.7 Å². The zero-order valence-electron chi connectivity index (χ0n) is 19.0. The number of likely N-dealkylation sites (tertiary alicyclic amines) is 1. The summed E-state index contributed by atoms with van der Waals surface area (Å²) in [5, 5.41) is 14.9. The average molecular weight is 431 g/mol. The molecule has 1 fully saturated rings. The van der Waals surface area contributed by atoms with Crippen LogP contribution in [0.3, 0.4) is 0 Å². The van der Waals surface area contributed by atoms with Crippen molar-refractivity contribution in [2.24, 2.45) is 11.8 Å². The Labute approximate surface area is 186 Å². The molecule has 0 spiro atoms. The SMILES string of the molecule is C=CC.CC1CC(C(=O)NCCC(=O)O)CN(CCCc2ccc3c(n2)NCCC3)C1. The standard InChI is InChI=1S/C21H32N4O3.C3H6/c1-15-12-17(21(28)23-10-8-19(26)27)14-25(13-15)11-3-5-18-7-6-16-4-2-9-22-20(16)24-18;1-3-2/h6-7,15,17H,2-5,8-14H2,1H3,(H,22,24)(H,23,28)(H,26,27);3H,1H2,2H3. The van der Waals surface area contributed by atoms with Gasteiger partial charge in [-0.1, -0.05) is 19.1 Å². The van der Waals surface area contributed by atoms with Gasteiger partial charge in [0.25, 0.3) is 0 Å². The number of carboxylic acid groups (broad SMARTS) is 1. The van der Waals surface area contributed by atoms with Crippen LogP contribution >= 0.6 is 0 Å². The minimum atomic E-state index is -0.884. The number of allylic oxidation sites excluding steroid dienone is 1. The predicted molar refractivity (Wildman–Crippen MR) is 124 cm³/mol. The van der Waals surface area contributed by atoms with Gasteiger partial charge in [0.2, 0.25) is 5.91 Å². The lowest BCUT2D eigenvalue weighted by atomic mass is 9.89. The zero-order valence-corrected chi connectivity index (χ0v) is 19.0. The number of carbonyl (C=O) groups excluding carboxylic acids is 1. The van der Waals surface area contributed by atoms with Gasteiger partial charge < -0.3 is 20.6 Å². The molecule has 1 amide bonds. The van der Waals surface area contributed by atoms with Crippen molar-refractivity contribution in [3.05, 3.63) is 36.0 Å². The van der Waals surface area contributed by atoms with E-state index in [9.17, 15) is 9.59 Å². The second-order valence-corrected chi connectivity index (χ2v) is 8.58. The summed E-state index contributed by atoms with van der Waals surface area (Å²) in [4.78, 5) is 30.1. The first-order valence-corrected chi connectivity index (χ1v) is 11.4. The van der Waals surface area contributed by atoms with Crippen molar-refractivity contribution in [2.45, 2.75) is 52.4 Å². The molecule has 172 valence electrons. The molecule has 2 aliphatic rings. The molecular weight excluding hydrogens is 392 g/mol. The van der Waals surface area contributed by atoms with E-state index in [1.54, 1.807) is 6.08 Å². The summed E-state index contributed by atoms with van der Waals surface area (Å²) in [5.41, 5.74) is 2.44. The largest absolute Gasteiger partial charge is 0.481 e. The van der Waals surface area contributed by atoms with E-state index in [1.807, 2.05) is 6.92 Å². The van der Waals surface area contributed by atoms with E-state index in [2.05, 4.69) is 41.2 Å². The van der Waals surface area contributed by atoms with Crippen LogP contribution in [0.5, 0.6) is 0 Å². The van der Waals surface area contributed by atoms with E-state index < -0.39 is 5.97 Å².